The maximum Gasteiger partial charge on any atom is 0.252 e. The van der Waals surface area contributed by atoms with Crippen molar-refractivity contribution in [2.75, 3.05) is 0 Å². The molecule has 0 bridgehead atoms. The molecule has 1 aliphatic rings. The highest BCUT2D eigenvalue weighted by Crippen LogP contribution is 2.23. The molecule has 0 aromatic heterocycles. The van der Waals surface area contributed by atoms with Gasteiger partial charge < -0.3 is 10.6 Å². The number of rotatable bonds is 5. The summed E-state index contributed by atoms with van der Waals surface area (Å²) in [4.78, 5) is 25.5. The molecule has 2 aromatic rings. The summed E-state index contributed by atoms with van der Waals surface area (Å²) in [5.74, 6) is -0.117. The Morgan fingerprint density at radius 2 is 1.41 bits per heavy atom. The normalized spacial score (nSPS) is 19.8. The molecule has 1 aliphatic carbocycles. The van der Waals surface area contributed by atoms with Gasteiger partial charge in [-0.15, -0.1) is 8.93 Å². The highest BCUT2D eigenvalue weighted by atomic mass is 32.0. The zero-order valence-electron chi connectivity index (χ0n) is 15.5. The standard InChI is InChI=1S/C21H26N2O2P2/c1-14-8-2-3-9-15(14)20(24)22-17-11-5-6-12-18(17)23-21(25)16-10-4-7-13-19(16)27-26/h2-4,7-10,13,17-18,27H,5-6,11-12,26H2,1H3,(H,22,24)(H,23,25)/t17-,18-/m1/s1. The number of carbonyl (C=O) groups excluding carboxylic acids is 2. The van der Waals surface area contributed by atoms with E-state index >= 15 is 0 Å². The summed E-state index contributed by atoms with van der Waals surface area (Å²) in [6.45, 7) is 1.94. The second-order valence-electron chi connectivity index (χ2n) is 6.95. The van der Waals surface area contributed by atoms with Gasteiger partial charge in [-0.1, -0.05) is 57.5 Å². The summed E-state index contributed by atoms with van der Waals surface area (Å²) >= 11 is 0. The van der Waals surface area contributed by atoms with Crippen molar-refractivity contribution in [3.05, 3.63) is 65.2 Å². The molecule has 0 heterocycles. The third kappa shape index (κ3) is 4.94. The van der Waals surface area contributed by atoms with Crippen LogP contribution in [0.25, 0.3) is 0 Å². The number of benzene rings is 2. The van der Waals surface area contributed by atoms with Crippen LogP contribution in [0, 0.1) is 6.92 Å². The largest absolute Gasteiger partial charge is 0.347 e. The van der Waals surface area contributed by atoms with Gasteiger partial charge in [0.25, 0.3) is 11.8 Å². The smallest absolute Gasteiger partial charge is 0.252 e. The molecule has 1 saturated carbocycles. The molecule has 6 heteroatoms. The summed E-state index contributed by atoms with van der Waals surface area (Å²) in [5, 5.41) is 7.37. The van der Waals surface area contributed by atoms with E-state index in [0.29, 0.717) is 13.8 Å². The van der Waals surface area contributed by atoms with E-state index in [4.69, 9.17) is 0 Å². The Bertz CT molecular complexity index is 825. The highest BCUT2D eigenvalue weighted by molar-refractivity contribution is 8.06. The maximum atomic E-state index is 12.8. The number of nitrogens with one attached hydrogen (secondary N) is 2. The molecule has 4 atom stereocenters. The van der Waals surface area contributed by atoms with Crippen LogP contribution >= 0.6 is 17.2 Å². The average molecular weight is 400 g/mol. The van der Waals surface area contributed by atoms with Crippen molar-refractivity contribution in [1.82, 2.24) is 10.6 Å². The van der Waals surface area contributed by atoms with E-state index in [9.17, 15) is 9.59 Å². The Kier molecular flexibility index (Phi) is 6.99. The van der Waals surface area contributed by atoms with Gasteiger partial charge in [-0.3, -0.25) is 9.59 Å². The molecule has 0 aliphatic heterocycles. The lowest BCUT2D eigenvalue weighted by Crippen LogP contribution is -2.53. The Morgan fingerprint density at radius 1 is 0.889 bits per heavy atom. The van der Waals surface area contributed by atoms with E-state index in [0.717, 1.165) is 42.1 Å². The molecular formula is C21H26N2O2P2. The van der Waals surface area contributed by atoms with Gasteiger partial charge in [0.15, 0.2) is 0 Å². The summed E-state index contributed by atoms with van der Waals surface area (Å²) in [5.41, 5.74) is 2.38. The number of carbonyl (C=O) groups is 2. The minimum Gasteiger partial charge on any atom is -0.347 e. The van der Waals surface area contributed by atoms with Crippen LogP contribution in [-0.4, -0.2) is 23.9 Å². The molecule has 2 N–H and O–H groups in total. The van der Waals surface area contributed by atoms with Crippen LogP contribution in [0.3, 0.4) is 0 Å². The molecule has 2 amide bonds. The van der Waals surface area contributed by atoms with Crippen molar-refractivity contribution in [1.29, 1.82) is 0 Å². The van der Waals surface area contributed by atoms with Crippen LogP contribution in [0.2, 0.25) is 0 Å². The fourth-order valence-corrected chi connectivity index (χ4v) is 4.90. The summed E-state index contributed by atoms with van der Waals surface area (Å²) in [7, 11) is 3.19. The Balaban J connectivity index is 1.71. The van der Waals surface area contributed by atoms with Gasteiger partial charge in [0, 0.05) is 23.2 Å². The molecule has 3 rings (SSSR count). The molecule has 1 fully saturated rings. The second kappa shape index (κ2) is 9.44. The monoisotopic (exact) mass is 400 g/mol. The first-order valence-electron chi connectivity index (χ1n) is 9.33. The van der Waals surface area contributed by atoms with E-state index in [1.807, 2.05) is 55.5 Å². The first-order valence-corrected chi connectivity index (χ1v) is 12.1. The molecule has 2 unspecified atom stereocenters. The van der Waals surface area contributed by atoms with Gasteiger partial charge in [0.05, 0.1) is 0 Å². The Morgan fingerprint density at radius 3 is 2.00 bits per heavy atom. The zero-order valence-corrected chi connectivity index (χ0v) is 17.7. The van der Waals surface area contributed by atoms with Crippen molar-refractivity contribution >= 4 is 34.3 Å². The number of hydrogen-bond donors (Lipinski definition) is 2. The van der Waals surface area contributed by atoms with Crippen molar-refractivity contribution in [3.63, 3.8) is 0 Å². The fraction of sp³-hybridized carbons (Fsp3) is 0.333. The summed E-state index contributed by atoms with van der Waals surface area (Å²) < 4.78 is 0. The van der Waals surface area contributed by atoms with Crippen LogP contribution in [0.15, 0.2) is 48.5 Å². The van der Waals surface area contributed by atoms with Crippen molar-refractivity contribution in [3.8, 4) is 0 Å². The van der Waals surface area contributed by atoms with E-state index in [1.54, 1.807) is 0 Å². The van der Waals surface area contributed by atoms with E-state index in [-0.39, 0.29) is 23.9 Å². The van der Waals surface area contributed by atoms with Gasteiger partial charge >= 0.3 is 0 Å². The van der Waals surface area contributed by atoms with Crippen LogP contribution in [0.4, 0.5) is 0 Å². The topological polar surface area (TPSA) is 58.2 Å². The van der Waals surface area contributed by atoms with Crippen LogP contribution in [0.5, 0.6) is 0 Å². The average Bonchev–Trinajstić information content (AvgIpc) is 2.69. The van der Waals surface area contributed by atoms with Gasteiger partial charge in [0.2, 0.25) is 0 Å². The van der Waals surface area contributed by atoms with Crippen molar-refractivity contribution in [2.24, 2.45) is 0 Å². The molecule has 0 saturated heterocycles. The minimum atomic E-state index is -0.0638. The number of aryl methyl sites for hydroxylation is 1. The molecule has 2 aromatic carbocycles. The van der Waals surface area contributed by atoms with Gasteiger partial charge in [0.1, 0.15) is 0 Å². The van der Waals surface area contributed by atoms with E-state index in [1.165, 1.54) is 0 Å². The third-order valence-electron chi connectivity index (χ3n) is 5.12. The minimum absolute atomic E-state index is 0.0413. The zero-order chi connectivity index (χ0) is 19.2. The number of hydrogen-bond acceptors (Lipinski definition) is 2. The second-order valence-corrected chi connectivity index (χ2v) is 8.64. The van der Waals surface area contributed by atoms with Gasteiger partial charge in [-0.2, -0.15) is 0 Å². The predicted octanol–water partition coefficient (Wildman–Crippen LogP) is 3.56. The molecule has 0 spiro atoms. The van der Waals surface area contributed by atoms with E-state index in [2.05, 4.69) is 19.6 Å². The van der Waals surface area contributed by atoms with Crippen LogP contribution in [-0.2, 0) is 0 Å². The summed E-state index contributed by atoms with van der Waals surface area (Å²) in [6.07, 6.45) is 3.90. The van der Waals surface area contributed by atoms with E-state index < -0.39 is 0 Å². The molecule has 27 heavy (non-hydrogen) atoms. The lowest BCUT2D eigenvalue weighted by molar-refractivity contribution is 0.0863. The van der Waals surface area contributed by atoms with Crippen LogP contribution < -0.4 is 15.9 Å². The quantitative estimate of drug-likeness (QED) is 0.754. The molecular weight excluding hydrogens is 374 g/mol. The molecule has 0 radical (unpaired) electrons. The highest BCUT2D eigenvalue weighted by Gasteiger charge is 2.29. The first kappa shape index (κ1) is 20.0. The summed E-state index contributed by atoms with van der Waals surface area (Å²) in [6, 6.07) is 15.2. The van der Waals surface area contributed by atoms with Crippen molar-refractivity contribution in [2.45, 2.75) is 44.7 Å². The molecule has 4 nitrogen and oxygen atoms in total. The lowest BCUT2D eigenvalue weighted by Gasteiger charge is -2.33. The van der Waals surface area contributed by atoms with Crippen molar-refractivity contribution < 1.29 is 9.59 Å². The number of amides is 2. The molecule has 142 valence electrons. The van der Waals surface area contributed by atoms with Gasteiger partial charge in [-0.25, -0.2) is 0 Å². The van der Waals surface area contributed by atoms with Gasteiger partial charge in [-0.05, 0) is 42.8 Å². The lowest BCUT2D eigenvalue weighted by atomic mass is 9.89. The first-order chi connectivity index (χ1) is 13.1. The predicted molar refractivity (Wildman–Crippen MR) is 116 cm³/mol. The Hall–Kier alpha value is -1.76. The SMILES string of the molecule is Cc1ccccc1C(=O)N[C@@H]1CCCC[C@H]1NC(=O)c1ccccc1PP. The fourth-order valence-electron chi connectivity index (χ4n) is 3.60. The Labute approximate surface area is 164 Å². The van der Waals surface area contributed by atoms with Crippen LogP contribution in [0.1, 0.15) is 52.0 Å². The third-order valence-corrected chi connectivity index (χ3v) is 6.80. The maximum absolute atomic E-state index is 12.8.